The van der Waals surface area contributed by atoms with Gasteiger partial charge in [-0.1, -0.05) is 59.3 Å². The van der Waals surface area contributed by atoms with Crippen LogP contribution in [0.4, 0.5) is 0 Å². The Balaban J connectivity index is 2.85. The Morgan fingerprint density at radius 1 is 1.26 bits per heavy atom. The van der Waals surface area contributed by atoms with Crippen LogP contribution in [0.2, 0.25) is 0 Å². The normalized spacial score (nSPS) is 12.2. The number of amides is 1. The second kappa shape index (κ2) is 8.14. The lowest BCUT2D eigenvalue weighted by molar-refractivity contribution is 0.0967. The van der Waals surface area contributed by atoms with Gasteiger partial charge >= 0.3 is 0 Å². The van der Waals surface area contributed by atoms with Crippen molar-refractivity contribution >= 4 is 5.91 Å². The zero-order valence-electron chi connectivity index (χ0n) is 15.5. The molecule has 1 N–H and O–H groups in total. The highest BCUT2D eigenvalue weighted by molar-refractivity contribution is 5.95. The number of hydrogen-bond acceptors (Lipinski definition) is 1. The maximum Gasteiger partial charge on any atom is 0.255 e. The van der Waals surface area contributed by atoms with Gasteiger partial charge in [-0.3, -0.25) is 4.79 Å². The van der Waals surface area contributed by atoms with Crippen LogP contribution in [0.25, 0.3) is 0 Å². The molecule has 0 radical (unpaired) electrons. The zero-order chi connectivity index (χ0) is 17.6. The van der Waals surface area contributed by atoms with E-state index in [9.17, 15) is 4.79 Å². The molecule has 0 saturated carbocycles. The van der Waals surface area contributed by atoms with Crippen LogP contribution < -0.4 is 5.32 Å². The summed E-state index contributed by atoms with van der Waals surface area (Å²) in [6.07, 6.45) is 5.11. The van der Waals surface area contributed by atoms with Gasteiger partial charge < -0.3 is 5.32 Å². The Hall–Kier alpha value is -1.83. The molecule has 2 nitrogen and oxygen atoms in total. The van der Waals surface area contributed by atoms with Gasteiger partial charge in [0.15, 0.2) is 0 Å². The molecule has 0 saturated heterocycles. The van der Waals surface area contributed by atoms with E-state index in [2.05, 4.69) is 59.5 Å². The average Bonchev–Trinajstić information content (AvgIpc) is 2.45. The first-order valence-corrected chi connectivity index (χ1v) is 8.49. The fraction of sp³-hybridized carbons (Fsp3) is 0.476. The predicted octanol–water partition coefficient (Wildman–Crippen LogP) is 5.57. The van der Waals surface area contributed by atoms with Crippen molar-refractivity contribution in [2.75, 3.05) is 0 Å². The molecule has 0 aromatic heterocycles. The Kier molecular flexibility index (Phi) is 6.80. The Morgan fingerprint density at radius 2 is 1.91 bits per heavy atom. The molecular weight excluding hydrogens is 282 g/mol. The maximum atomic E-state index is 12.4. The van der Waals surface area contributed by atoms with Crippen LogP contribution in [0.5, 0.6) is 0 Å². The summed E-state index contributed by atoms with van der Waals surface area (Å²) < 4.78 is 0. The smallest absolute Gasteiger partial charge is 0.255 e. The molecular formula is C21H31NO. The molecule has 0 unspecified atom stereocenters. The monoisotopic (exact) mass is 313 g/mol. The molecule has 2 heteroatoms. The summed E-state index contributed by atoms with van der Waals surface area (Å²) >= 11 is 0. The van der Waals surface area contributed by atoms with Crippen molar-refractivity contribution < 1.29 is 4.79 Å². The number of allylic oxidation sites excluding steroid dienone is 2. The third kappa shape index (κ3) is 5.70. The lowest BCUT2D eigenvalue weighted by Gasteiger charge is -2.22. The second-order valence-electron chi connectivity index (χ2n) is 7.14. The van der Waals surface area contributed by atoms with Crippen molar-refractivity contribution in [2.24, 2.45) is 5.41 Å². The van der Waals surface area contributed by atoms with Gasteiger partial charge in [0, 0.05) is 11.3 Å². The van der Waals surface area contributed by atoms with Crippen LogP contribution in [-0.4, -0.2) is 5.91 Å². The zero-order valence-corrected chi connectivity index (χ0v) is 15.5. The Labute approximate surface area is 141 Å². The minimum Gasteiger partial charge on any atom is -0.323 e. The SMILES string of the molecule is C=C(/C=C(\CC)C(C)(C)C)NC(=O)c1ccc(CCC)c(C)c1. The fourth-order valence-electron chi connectivity index (χ4n) is 2.70. The summed E-state index contributed by atoms with van der Waals surface area (Å²) in [4.78, 5) is 12.4. The van der Waals surface area contributed by atoms with Gasteiger partial charge in [-0.05, 0) is 54.5 Å². The molecule has 0 aliphatic carbocycles. The fourth-order valence-corrected chi connectivity index (χ4v) is 2.70. The third-order valence-corrected chi connectivity index (χ3v) is 4.09. The molecule has 1 aromatic rings. The molecule has 0 aliphatic heterocycles. The van der Waals surface area contributed by atoms with E-state index < -0.39 is 0 Å². The van der Waals surface area contributed by atoms with Crippen LogP contribution in [-0.2, 0) is 6.42 Å². The highest BCUT2D eigenvalue weighted by atomic mass is 16.1. The summed E-state index contributed by atoms with van der Waals surface area (Å²) in [5, 5.41) is 2.90. The lowest BCUT2D eigenvalue weighted by Crippen LogP contribution is -2.22. The van der Waals surface area contributed by atoms with Gasteiger partial charge in [-0.2, -0.15) is 0 Å². The molecule has 0 fully saturated rings. The van der Waals surface area contributed by atoms with Gasteiger partial charge in [-0.15, -0.1) is 0 Å². The topological polar surface area (TPSA) is 29.1 Å². The first-order chi connectivity index (χ1) is 10.7. The van der Waals surface area contributed by atoms with E-state index in [4.69, 9.17) is 0 Å². The summed E-state index contributed by atoms with van der Waals surface area (Å²) in [7, 11) is 0. The van der Waals surface area contributed by atoms with Crippen molar-refractivity contribution in [3.63, 3.8) is 0 Å². The molecule has 0 spiro atoms. The number of nitrogens with one attached hydrogen (secondary N) is 1. The van der Waals surface area contributed by atoms with Gasteiger partial charge in [0.2, 0.25) is 0 Å². The van der Waals surface area contributed by atoms with E-state index in [-0.39, 0.29) is 11.3 Å². The van der Waals surface area contributed by atoms with Crippen LogP contribution >= 0.6 is 0 Å². The van der Waals surface area contributed by atoms with Crippen LogP contribution in [0, 0.1) is 12.3 Å². The standard InChI is InChI=1S/C21H31NO/c1-8-10-17-11-12-18(13-15(17)3)20(23)22-16(4)14-19(9-2)21(5,6)7/h11-14H,4,8-10H2,1-3,5-7H3,(H,22,23)/b19-14+. The molecule has 1 rings (SSSR count). The van der Waals surface area contributed by atoms with Crippen LogP contribution in [0.3, 0.4) is 0 Å². The van der Waals surface area contributed by atoms with E-state index in [0.29, 0.717) is 11.3 Å². The Bertz CT molecular complexity index is 603. The Morgan fingerprint density at radius 3 is 2.39 bits per heavy atom. The number of carbonyl (C=O) groups excluding carboxylic acids is 1. The van der Waals surface area contributed by atoms with E-state index >= 15 is 0 Å². The molecule has 126 valence electrons. The molecule has 1 amide bonds. The average molecular weight is 313 g/mol. The van der Waals surface area contributed by atoms with E-state index in [0.717, 1.165) is 19.3 Å². The number of carbonyl (C=O) groups is 1. The van der Waals surface area contributed by atoms with E-state index in [1.54, 1.807) is 0 Å². The van der Waals surface area contributed by atoms with Crippen LogP contribution in [0.1, 0.15) is 68.9 Å². The van der Waals surface area contributed by atoms with Gasteiger partial charge in [0.1, 0.15) is 0 Å². The van der Waals surface area contributed by atoms with Crippen molar-refractivity contribution in [3.8, 4) is 0 Å². The molecule has 0 heterocycles. The number of benzene rings is 1. The first kappa shape index (κ1) is 19.2. The van der Waals surface area contributed by atoms with E-state index in [1.165, 1.54) is 16.7 Å². The molecule has 23 heavy (non-hydrogen) atoms. The molecule has 0 bridgehead atoms. The summed E-state index contributed by atoms with van der Waals surface area (Å²) in [6.45, 7) is 16.9. The number of hydrogen-bond donors (Lipinski definition) is 1. The molecule has 0 aliphatic rings. The van der Waals surface area contributed by atoms with Crippen molar-refractivity contribution in [2.45, 2.75) is 60.8 Å². The van der Waals surface area contributed by atoms with Crippen molar-refractivity contribution in [3.05, 3.63) is 58.8 Å². The molecule has 1 aromatic carbocycles. The van der Waals surface area contributed by atoms with Crippen molar-refractivity contribution in [1.82, 2.24) is 5.32 Å². The van der Waals surface area contributed by atoms with Gasteiger partial charge in [0.05, 0.1) is 0 Å². The van der Waals surface area contributed by atoms with E-state index in [1.807, 2.05) is 18.2 Å². The first-order valence-electron chi connectivity index (χ1n) is 8.49. The van der Waals surface area contributed by atoms with Crippen molar-refractivity contribution in [1.29, 1.82) is 0 Å². The lowest BCUT2D eigenvalue weighted by atomic mass is 9.84. The molecule has 0 atom stereocenters. The van der Waals surface area contributed by atoms with Gasteiger partial charge in [-0.25, -0.2) is 0 Å². The highest BCUT2D eigenvalue weighted by Crippen LogP contribution is 2.28. The largest absolute Gasteiger partial charge is 0.323 e. The quantitative estimate of drug-likeness (QED) is 0.683. The predicted molar refractivity (Wildman–Crippen MR) is 99.6 cm³/mol. The maximum absolute atomic E-state index is 12.4. The van der Waals surface area contributed by atoms with Gasteiger partial charge in [0.25, 0.3) is 5.91 Å². The third-order valence-electron chi connectivity index (χ3n) is 4.09. The summed E-state index contributed by atoms with van der Waals surface area (Å²) in [6, 6.07) is 5.91. The number of aryl methyl sites for hydroxylation is 2. The summed E-state index contributed by atoms with van der Waals surface area (Å²) in [5.74, 6) is -0.0956. The number of rotatable bonds is 6. The second-order valence-corrected chi connectivity index (χ2v) is 7.14. The highest BCUT2D eigenvalue weighted by Gasteiger charge is 2.16. The van der Waals surface area contributed by atoms with Crippen LogP contribution in [0.15, 0.2) is 42.1 Å². The summed E-state index contributed by atoms with van der Waals surface area (Å²) in [5.41, 5.74) is 5.18. The minimum absolute atomic E-state index is 0.0841. The minimum atomic E-state index is -0.0956.